The molecule has 0 aliphatic carbocycles. The van der Waals surface area contributed by atoms with Gasteiger partial charge in [-0.3, -0.25) is 9.69 Å². The predicted octanol–water partition coefficient (Wildman–Crippen LogP) is 4.03. The molecule has 7 nitrogen and oxygen atoms in total. The molecule has 1 aromatic rings. The summed E-state index contributed by atoms with van der Waals surface area (Å²) >= 11 is 0. The van der Waals surface area contributed by atoms with Crippen molar-refractivity contribution in [3.63, 3.8) is 0 Å². The zero-order chi connectivity index (χ0) is 23.2. The van der Waals surface area contributed by atoms with Gasteiger partial charge in [-0.15, -0.1) is 0 Å². The quantitative estimate of drug-likeness (QED) is 0.487. The number of hydrogen-bond donors (Lipinski definition) is 2. The minimum absolute atomic E-state index is 0.162. The number of benzene rings is 1. The summed E-state index contributed by atoms with van der Waals surface area (Å²) in [5.74, 6) is -0.352. The molecule has 0 atom stereocenters. The molecule has 0 bridgehead atoms. The molecule has 0 spiro atoms. The first-order valence-corrected chi connectivity index (χ1v) is 10.2. The number of hydrogen-bond acceptors (Lipinski definition) is 5. The lowest BCUT2D eigenvalue weighted by molar-refractivity contribution is -0.154. The van der Waals surface area contributed by atoms with E-state index in [1.54, 1.807) is 20.8 Å². The van der Waals surface area contributed by atoms with Crippen LogP contribution in [0.15, 0.2) is 18.2 Å². The number of esters is 1. The van der Waals surface area contributed by atoms with Gasteiger partial charge in [0, 0.05) is 51.4 Å². The summed E-state index contributed by atoms with van der Waals surface area (Å²) in [6, 6.07) is 3.58. The Hall–Kier alpha value is -2.49. The van der Waals surface area contributed by atoms with Crippen LogP contribution in [0, 0.1) is 0 Å². The van der Waals surface area contributed by atoms with Crippen molar-refractivity contribution in [1.82, 2.24) is 9.80 Å². The lowest BCUT2D eigenvalue weighted by Gasteiger charge is -2.33. The van der Waals surface area contributed by atoms with Crippen LogP contribution in [0.1, 0.15) is 44.7 Å². The van der Waals surface area contributed by atoms with E-state index in [2.05, 4.69) is 5.32 Å². The number of ether oxygens (including phenoxy) is 1. The van der Waals surface area contributed by atoms with Crippen LogP contribution in [0.3, 0.4) is 0 Å². The second-order valence-corrected chi connectivity index (χ2v) is 8.53. The molecule has 174 valence electrons. The Morgan fingerprint density at radius 1 is 1.13 bits per heavy atom. The van der Waals surface area contributed by atoms with Crippen LogP contribution in [0.5, 0.6) is 0 Å². The zero-order valence-corrected chi connectivity index (χ0v) is 18.1. The molecule has 1 fully saturated rings. The number of anilines is 1. The molecule has 1 aromatic carbocycles. The van der Waals surface area contributed by atoms with Crippen LogP contribution in [-0.2, 0) is 22.3 Å². The van der Waals surface area contributed by atoms with E-state index in [4.69, 9.17) is 9.84 Å². The Bertz CT molecular complexity index is 770. The minimum Gasteiger partial charge on any atom is -0.465 e. The summed E-state index contributed by atoms with van der Waals surface area (Å²) in [7, 11) is 0. The van der Waals surface area contributed by atoms with E-state index in [-0.39, 0.29) is 12.4 Å². The van der Waals surface area contributed by atoms with E-state index in [1.807, 2.05) is 4.90 Å². The lowest BCUT2D eigenvalue weighted by atomic mass is 10.1. The number of carbonyl (C=O) groups is 2. The van der Waals surface area contributed by atoms with Gasteiger partial charge in [-0.1, -0.05) is 6.07 Å². The SMILES string of the molecule is CC(C)(C)OC(=O)CCCNc1cc(C(F)(F)F)ccc1CN1CCN(C(=O)O)CC1. The summed E-state index contributed by atoms with van der Waals surface area (Å²) in [6.07, 6.45) is -4.85. The molecule has 2 rings (SSSR count). The van der Waals surface area contributed by atoms with Crippen molar-refractivity contribution in [3.05, 3.63) is 29.3 Å². The van der Waals surface area contributed by atoms with E-state index in [0.29, 0.717) is 56.9 Å². The normalized spacial score (nSPS) is 15.6. The van der Waals surface area contributed by atoms with Gasteiger partial charge in [-0.05, 0) is 44.9 Å². The maximum Gasteiger partial charge on any atom is 0.416 e. The van der Waals surface area contributed by atoms with Crippen LogP contribution in [0.2, 0.25) is 0 Å². The van der Waals surface area contributed by atoms with Gasteiger partial charge < -0.3 is 20.1 Å². The monoisotopic (exact) mass is 445 g/mol. The summed E-state index contributed by atoms with van der Waals surface area (Å²) < 4.78 is 44.7. The van der Waals surface area contributed by atoms with E-state index < -0.39 is 23.4 Å². The molecular weight excluding hydrogens is 415 g/mol. The van der Waals surface area contributed by atoms with Crippen LogP contribution in [0.25, 0.3) is 0 Å². The molecular formula is C21H30F3N3O4. The van der Waals surface area contributed by atoms with Crippen LogP contribution in [0.4, 0.5) is 23.7 Å². The van der Waals surface area contributed by atoms with Crippen molar-refractivity contribution in [2.45, 2.75) is 51.9 Å². The third-order valence-corrected chi connectivity index (χ3v) is 4.77. The highest BCUT2D eigenvalue weighted by molar-refractivity contribution is 5.69. The van der Waals surface area contributed by atoms with Gasteiger partial charge in [0.2, 0.25) is 0 Å². The number of alkyl halides is 3. The molecule has 1 amide bonds. The molecule has 0 aromatic heterocycles. The highest BCUT2D eigenvalue weighted by Crippen LogP contribution is 2.32. The number of carboxylic acid groups (broad SMARTS) is 1. The molecule has 1 aliphatic heterocycles. The predicted molar refractivity (Wildman–Crippen MR) is 110 cm³/mol. The number of rotatable bonds is 7. The van der Waals surface area contributed by atoms with Crippen molar-refractivity contribution in [2.24, 2.45) is 0 Å². The highest BCUT2D eigenvalue weighted by atomic mass is 19.4. The number of amides is 1. The molecule has 0 radical (unpaired) electrons. The van der Waals surface area contributed by atoms with Gasteiger partial charge >= 0.3 is 18.2 Å². The fourth-order valence-electron chi connectivity index (χ4n) is 3.24. The maximum atomic E-state index is 13.2. The number of nitrogens with one attached hydrogen (secondary N) is 1. The Morgan fingerprint density at radius 3 is 2.32 bits per heavy atom. The Balaban J connectivity index is 2.00. The van der Waals surface area contributed by atoms with Crippen LogP contribution in [-0.4, -0.2) is 65.3 Å². The largest absolute Gasteiger partial charge is 0.465 e. The second kappa shape index (κ2) is 10.2. The molecule has 1 heterocycles. The van der Waals surface area contributed by atoms with Gasteiger partial charge in [-0.25, -0.2) is 4.79 Å². The third kappa shape index (κ3) is 8.28. The fourth-order valence-corrected chi connectivity index (χ4v) is 3.24. The lowest BCUT2D eigenvalue weighted by Crippen LogP contribution is -2.47. The number of piperazine rings is 1. The molecule has 1 saturated heterocycles. The molecule has 0 unspecified atom stereocenters. The topological polar surface area (TPSA) is 82.1 Å². The Morgan fingerprint density at radius 2 is 1.77 bits per heavy atom. The average Bonchev–Trinajstić information content (AvgIpc) is 2.64. The molecule has 31 heavy (non-hydrogen) atoms. The third-order valence-electron chi connectivity index (χ3n) is 4.77. The number of carbonyl (C=O) groups excluding carboxylic acids is 1. The van der Waals surface area contributed by atoms with Crippen molar-refractivity contribution >= 4 is 17.7 Å². The number of halogens is 3. The average molecular weight is 445 g/mol. The van der Waals surface area contributed by atoms with Gasteiger partial charge in [0.1, 0.15) is 5.60 Å². The van der Waals surface area contributed by atoms with E-state index in [1.165, 1.54) is 11.0 Å². The van der Waals surface area contributed by atoms with Crippen LogP contribution < -0.4 is 5.32 Å². The molecule has 10 heteroatoms. The van der Waals surface area contributed by atoms with Gasteiger partial charge in [0.15, 0.2) is 0 Å². The van der Waals surface area contributed by atoms with E-state index in [0.717, 1.165) is 12.1 Å². The summed E-state index contributed by atoms with van der Waals surface area (Å²) in [5, 5.41) is 12.1. The van der Waals surface area contributed by atoms with Crippen molar-refractivity contribution in [3.8, 4) is 0 Å². The van der Waals surface area contributed by atoms with Gasteiger partial charge in [0.25, 0.3) is 0 Å². The minimum atomic E-state index is -4.46. The second-order valence-electron chi connectivity index (χ2n) is 8.53. The zero-order valence-electron chi connectivity index (χ0n) is 18.1. The van der Waals surface area contributed by atoms with Crippen LogP contribution >= 0.6 is 0 Å². The molecule has 1 aliphatic rings. The van der Waals surface area contributed by atoms with Crippen molar-refractivity contribution < 1.29 is 32.6 Å². The van der Waals surface area contributed by atoms with E-state index >= 15 is 0 Å². The maximum absolute atomic E-state index is 13.2. The van der Waals surface area contributed by atoms with Gasteiger partial charge in [-0.2, -0.15) is 13.2 Å². The smallest absolute Gasteiger partial charge is 0.416 e. The summed E-state index contributed by atoms with van der Waals surface area (Å²) in [6.45, 7) is 7.76. The molecule has 2 N–H and O–H groups in total. The fraction of sp³-hybridized carbons (Fsp3) is 0.619. The van der Waals surface area contributed by atoms with Crippen molar-refractivity contribution in [1.29, 1.82) is 0 Å². The van der Waals surface area contributed by atoms with Gasteiger partial charge in [0.05, 0.1) is 5.56 Å². The number of nitrogens with zero attached hydrogens (tertiary/aromatic N) is 2. The summed E-state index contributed by atoms with van der Waals surface area (Å²) in [5.41, 5.74) is -0.279. The first-order chi connectivity index (χ1) is 14.3. The Kier molecular flexibility index (Phi) is 8.16. The highest BCUT2D eigenvalue weighted by Gasteiger charge is 2.31. The standard InChI is InChI=1S/C21H30F3N3O4/c1-20(2,3)31-18(28)5-4-8-25-17-13-16(21(22,23)24)7-6-15(17)14-26-9-11-27(12-10-26)19(29)30/h6-7,13,25H,4-5,8-12,14H2,1-3H3,(H,29,30). The van der Waals surface area contributed by atoms with E-state index in [9.17, 15) is 22.8 Å². The molecule has 0 saturated carbocycles. The first-order valence-electron chi connectivity index (χ1n) is 10.2. The van der Waals surface area contributed by atoms with Crippen molar-refractivity contribution in [2.75, 3.05) is 38.0 Å². The first kappa shape index (κ1) is 24.8. The Labute approximate surface area is 180 Å². The summed E-state index contributed by atoms with van der Waals surface area (Å²) in [4.78, 5) is 26.2.